The fraction of sp³-hybridized carbons (Fsp3) is 0.391. The van der Waals surface area contributed by atoms with Crippen molar-refractivity contribution >= 4 is 22.6 Å². The topological polar surface area (TPSA) is 67.4 Å². The van der Waals surface area contributed by atoms with Crippen LogP contribution < -0.4 is 9.64 Å². The molecule has 1 heterocycles. The van der Waals surface area contributed by atoms with Gasteiger partial charge in [-0.2, -0.15) is 0 Å². The van der Waals surface area contributed by atoms with E-state index in [0.717, 1.165) is 53.1 Å². The average molecular weight is 393 g/mol. The molecule has 0 saturated heterocycles. The molecule has 4 rings (SSSR count). The number of H-pyrrole nitrogens is 1. The number of hydrogen-bond acceptors (Lipinski definition) is 4. The Balaban J connectivity index is 1.65. The van der Waals surface area contributed by atoms with Crippen LogP contribution in [0.4, 0.5) is 5.69 Å². The van der Waals surface area contributed by atoms with Gasteiger partial charge in [0.15, 0.2) is 0 Å². The Morgan fingerprint density at radius 1 is 1.17 bits per heavy atom. The predicted octanol–water partition coefficient (Wildman–Crippen LogP) is 4.23. The summed E-state index contributed by atoms with van der Waals surface area (Å²) in [6.07, 6.45) is 2.74. The summed E-state index contributed by atoms with van der Waals surface area (Å²) < 4.78 is 10.7. The molecule has 29 heavy (non-hydrogen) atoms. The van der Waals surface area contributed by atoms with Crippen LogP contribution in [0.25, 0.3) is 11.0 Å². The van der Waals surface area contributed by atoms with E-state index in [4.69, 9.17) is 9.47 Å². The number of carbonyl (C=O) groups excluding carboxylic acids is 1. The molecule has 1 aliphatic rings. The Labute approximate surface area is 170 Å². The predicted molar refractivity (Wildman–Crippen MR) is 113 cm³/mol. The number of aromatic amines is 1. The largest absolute Gasteiger partial charge is 0.497 e. The number of nitrogens with one attached hydrogen (secondary N) is 1. The quantitative estimate of drug-likeness (QED) is 0.681. The highest BCUT2D eigenvalue weighted by atomic mass is 16.5. The van der Waals surface area contributed by atoms with E-state index in [1.54, 1.807) is 14.2 Å². The van der Waals surface area contributed by atoms with Gasteiger partial charge in [-0.25, -0.2) is 4.98 Å². The van der Waals surface area contributed by atoms with Crippen molar-refractivity contribution in [3.05, 3.63) is 53.9 Å². The number of fused-ring (bicyclic) bond motifs is 1. The van der Waals surface area contributed by atoms with Crippen LogP contribution in [0.3, 0.4) is 0 Å². The highest BCUT2D eigenvalue weighted by molar-refractivity contribution is 5.97. The normalized spacial score (nSPS) is 18.9. The van der Waals surface area contributed by atoms with Crippen LogP contribution in [0.1, 0.15) is 30.7 Å². The molecule has 0 radical (unpaired) electrons. The maximum absolute atomic E-state index is 13.5. The number of carbonyl (C=O) groups is 1. The van der Waals surface area contributed by atoms with E-state index in [1.165, 1.54) is 0 Å². The molecule has 2 atom stereocenters. The second kappa shape index (κ2) is 8.25. The number of aryl methyl sites for hydroxylation is 1. The first-order chi connectivity index (χ1) is 14.1. The first-order valence-electron chi connectivity index (χ1n) is 10.0. The van der Waals surface area contributed by atoms with E-state index in [0.29, 0.717) is 6.54 Å². The van der Waals surface area contributed by atoms with E-state index in [2.05, 4.69) is 9.97 Å². The van der Waals surface area contributed by atoms with Crippen molar-refractivity contribution in [1.82, 2.24) is 9.97 Å². The summed E-state index contributed by atoms with van der Waals surface area (Å²) in [7, 11) is 3.37. The molecule has 0 aliphatic heterocycles. The number of methoxy groups -OCH3 is 2. The second-order valence-corrected chi connectivity index (χ2v) is 7.66. The van der Waals surface area contributed by atoms with Gasteiger partial charge in [-0.1, -0.05) is 12.1 Å². The van der Waals surface area contributed by atoms with Crippen LogP contribution >= 0.6 is 0 Å². The third kappa shape index (κ3) is 4.12. The number of rotatable bonds is 6. The summed E-state index contributed by atoms with van der Waals surface area (Å²) in [6.45, 7) is 2.44. The van der Waals surface area contributed by atoms with Crippen molar-refractivity contribution in [2.75, 3.05) is 19.1 Å². The molecule has 1 N–H and O–H groups in total. The molecule has 1 fully saturated rings. The summed E-state index contributed by atoms with van der Waals surface area (Å²) in [4.78, 5) is 23.1. The van der Waals surface area contributed by atoms with Gasteiger partial charge in [0.25, 0.3) is 0 Å². The number of hydrogen-bond donors (Lipinski definition) is 1. The van der Waals surface area contributed by atoms with Gasteiger partial charge >= 0.3 is 0 Å². The molecular formula is C23H27N3O3. The van der Waals surface area contributed by atoms with Gasteiger partial charge < -0.3 is 19.4 Å². The number of ether oxygens (including phenoxy) is 2. The van der Waals surface area contributed by atoms with E-state index < -0.39 is 0 Å². The van der Waals surface area contributed by atoms with E-state index in [9.17, 15) is 4.79 Å². The molecule has 6 heteroatoms. The monoisotopic (exact) mass is 393 g/mol. The second-order valence-electron chi connectivity index (χ2n) is 7.66. The molecule has 6 nitrogen and oxygen atoms in total. The lowest BCUT2D eigenvalue weighted by Gasteiger charge is -2.26. The van der Waals surface area contributed by atoms with Crippen LogP contribution in [-0.4, -0.2) is 36.2 Å². The number of aromatic nitrogens is 2. The fourth-order valence-electron chi connectivity index (χ4n) is 4.10. The summed E-state index contributed by atoms with van der Waals surface area (Å²) >= 11 is 0. The van der Waals surface area contributed by atoms with Gasteiger partial charge in [0.05, 0.1) is 30.8 Å². The van der Waals surface area contributed by atoms with E-state index in [-0.39, 0.29) is 17.9 Å². The van der Waals surface area contributed by atoms with Crippen LogP contribution in [0.5, 0.6) is 5.75 Å². The van der Waals surface area contributed by atoms with Gasteiger partial charge in [0, 0.05) is 18.7 Å². The Hall–Kier alpha value is -2.86. The highest BCUT2D eigenvalue weighted by Crippen LogP contribution is 2.32. The number of nitrogens with zero attached hydrogens (tertiary/aromatic N) is 2. The molecular weight excluding hydrogens is 366 g/mol. The van der Waals surface area contributed by atoms with Crippen LogP contribution in [-0.2, 0) is 16.1 Å². The first kappa shape index (κ1) is 19.5. The average Bonchev–Trinajstić information content (AvgIpc) is 3.37. The zero-order valence-corrected chi connectivity index (χ0v) is 17.1. The standard InChI is InChI=1S/C23H27N3O3/c1-15-24-21-11-7-18(13-22(21)25-15)26(14-16-4-8-19(28-2)9-5-16)23(27)17-6-10-20(12-17)29-3/h4-5,7-9,11,13,17,20H,6,10,12,14H2,1-3H3,(H,24,25). The fourth-order valence-corrected chi connectivity index (χ4v) is 4.10. The summed E-state index contributed by atoms with van der Waals surface area (Å²) in [5.41, 5.74) is 3.78. The minimum absolute atomic E-state index is 0.0163. The summed E-state index contributed by atoms with van der Waals surface area (Å²) in [6, 6.07) is 13.8. The first-order valence-corrected chi connectivity index (χ1v) is 10.0. The van der Waals surface area contributed by atoms with Crippen molar-refractivity contribution in [3.63, 3.8) is 0 Å². The Bertz CT molecular complexity index is 996. The van der Waals surface area contributed by atoms with Crippen molar-refractivity contribution < 1.29 is 14.3 Å². The van der Waals surface area contributed by atoms with Gasteiger partial charge in [-0.3, -0.25) is 4.79 Å². The van der Waals surface area contributed by atoms with Crippen LogP contribution in [0, 0.1) is 12.8 Å². The SMILES string of the molecule is COc1ccc(CN(C(=O)C2CCC(OC)C2)c2ccc3nc(C)[nH]c3c2)cc1. The number of amides is 1. The molecule has 1 amide bonds. The molecule has 2 unspecified atom stereocenters. The Morgan fingerprint density at radius 2 is 1.97 bits per heavy atom. The van der Waals surface area contributed by atoms with Crippen molar-refractivity contribution in [1.29, 1.82) is 0 Å². The number of anilines is 1. The summed E-state index contributed by atoms with van der Waals surface area (Å²) in [5, 5.41) is 0. The maximum Gasteiger partial charge on any atom is 0.230 e. The van der Waals surface area contributed by atoms with Gasteiger partial charge in [-0.05, 0) is 62.1 Å². The highest BCUT2D eigenvalue weighted by Gasteiger charge is 2.33. The summed E-state index contributed by atoms with van der Waals surface area (Å²) in [5.74, 6) is 1.80. The smallest absolute Gasteiger partial charge is 0.230 e. The van der Waals surface area contributed by atoms with Gasteiger partial charge in [-0.15, -0.1) is 0 Å². The minimum Gasteiger partial charge on any atom is -0.497 e. The van der Waals surface area contributed by atoms with E-state index in [1.807, 2.05) is 54.3 Å². The molecule has 0 bridgehead atoms. The van der Waals surface area contributed by atoms with Crippen molar-refractivity contribution in [2.24, 2.45) is 5.92 Å². The number of imidazole rings is 1. The lowest BCUT2D eigenvalue weighted by molar-refractivity contribution is -0.122. The molecule has 3 aromatic rings. The molecule has 1 aliphatic carbocycles. The third-order valence-electron chi connectivity index (χ3n) is 5.73. The lowest BCUT2D eigenvalue weighted by Crippen LogP contribution is -2.35. The molecule has 1 aromatic heterocycles. The third-order valence-corrected chi connectivity index (χ3v) is 5.73. The minimum atomic E-state index is -0.0163. The molecule has 1 saturated carbocycles. The molecule has 0 spiro atoms. The number of benzene rings is 2. The zero-order chi connectivity index (χ0) is 20.4. The van der Waals surface area contributed by atoms with Crippen LogP contribution in [0.2, 0.25) is 0 Å². The Morgan fingerprint density at radius 3 is 2.66 bits per heavy atom. The van der Waals surface area contributed by atoms with Gasteiger partial charge in [0.1, 0.15) is 11.6 Å². The molecule has 2 aromatic carbocycles. The Kier molecular flexibility index (Phi) is 5.53. The van der Waals surface area contributed by atoms with Crippen molar-refractivity contribution in [2.45, 2.75) is 38.8 Å². The van der Waals surface area contributed by atoms with Crippen LogP contribution in [0.15, 0.2) is 42.5 Å². The van der Waals surface area contributed by atoms with E-state index >= 15 is 0 Å². The lowest BCUT2D eigenvalue weighted by atomic mass is 10.0. The van der Waals surface area contributed by atoms with Crippen molar-refractivity contribution in [3.8, 4) is 5.75 Å². The maximum atomic E-state index is 13.5. The zero-order valence-electron chi connectivity index (χ0n) is 17.1. The molecule has 152 valence electrons. The van der Waals surface area contributed by atoms with Gasteiger partial charge in [0.2, 0.25) is 5.91 Å².